The molecule has 0 heterocycles. The number of phenolic OH excluding ortho intramolecular Hbond substituents is 1. The van der Waals surface area contributed by atoms with Crippen molar-refractivity contribution >= 4 is 70.4 Å². The second-order valence-electron chi connectivity index (χ2n) is 3.49. The van der Waals surface area contributed by atoms with Gasteiger partial charge in [-0.1, -0.05) is 0 Å². The topological polar surface area (TPSA) is 20.2 Å². The number of rotatable bonds is 0. The molecule has 0 spiro atoms. The Kier molecular flexibility index (Phi) is 14.6. The predicted molar refractivity (Wildman–Crippen MR) is 64.0 cm³/mol. The summed E-state index contributed by atoms with van der Waals surface area (Å²) in [6.07, 6.45) is 0. The zero-order valence-electron chi connectivity index (χ0n) is 11.6. The Morgan fingerprint density at radius 3 is 1.00 bits per heavy atom. The molecule has 0 bridgehead atoms. The summed E-state index contributed by atoms with van der Waals surface area (Å²) in [4.78, 5) is 0. The van der Waals surface area contributed by atoms with Gasteiger partial charge in [-0.2, -0.15) is 0 Å². The number of hydrogen-bond donors (Lipinski definition) is 1. The van der Waals surface area contributed by atoms with Crippen LogP contribution in [0.25, 0.3) is 0 Å². The molecule has 0 amide bonds. The minimum absolute atomic E-state index is 0.0384. The summed E-state index contributed by atoms with van der Waals surface area (Å²) in [6.45, 7) is 0. The maximum atomic E-state index is 12.5. The molecular weight excluding hydrogens is 426 g/mol. The van der Waals surface area contributed by atoms with Crippen molar-refractivity contribution in [2.24, 2.45) is 0 Å². The summed E-state index contributed by atoms with van der Waals surface area (Å²) in [5.41, 5.74) is 0. The van der Waals surface area contributed by atoms with Gasteiger partial charge in [-0.25, -0.2) is 0 Å². The molecule has 1 nitrogen and oxygen atoms in total. The van der Waals surface area contributed by atoms with Crippen molar-refractivity contribution in [1.82, 2.24) is 0 Å². The van der Waals surface area contributed by atoms with Crippen molar-refractivity contribution < 1.29 is 65.7 Å². The Balaban J connectivity index is -0.000000279. The predicted octanol–water partition coefficient (Wildman–Crippen LogP) is 4.36. The van der Waals surface area contributed by atoms with Crippen molar-refractivity contribution in [2.45, 2.75) is 0 Å². The molecule has 0 atom stereocenters. The molecule has 1 rings (SSSR count). The average Bonchev–Trinajstić information content (AvgIpc) is 2.25. The molecule has 0 unspecified atom stereocenters. The van der Waals surface area contributed by atoms with E-state index in [1.165, 1.54) is 0 Å². The summed E-state index contributed by atoms with van der Waals surface area (Å²) in [5.74, 6) is -1.79. The van der Waals surface area contributed by atoms with Gasteiger partial charge in [0, 0.05) is 0 Å². The Morgan fingerprint density at radius 1 is 0.600 bits per heavy atom. The molecule has 1 N–H and O–H groups in total. The summed E-state index contributed by atoms with van der Waals surface area (Å²) in [6, 6.07) is 1.94. The summed E-state index contributed by atoms with van der Waals surface area (Å²) < 4.78 is 142. The molecule has 1 aromatic rings. The number of hydrogen-bond acceptors (Lipinski definition) is 1. The number of phenols is 1. The van der Waals surface area contributed by atoms with Gasteiger partial charge in [-0.15, -0.1) is 0 Å². The van der Waals surface area contributed by atoms with Gasteiger partial charge < -0.3 is 51.8 Å². The van der Waals surface area contributed by atoms with Crippen molar-refractivity contribution in [3.8, 4) is 5.75 Å². The third-order valence-corrected chi connectivity index (χ3v) is 2.80. The van der Waals surface area contributed by atoms with E-state index < -0.39 is 39.1 Å². The number of aromatic hydroxyl groups is 1. The van der Waals surface area contributed by atoms with Crippen LogP contribution in [0.15, 0.2) is 12.1 Å². The van der Waals surface area contributed by atoms with Crippen molar-refractivity contribution in [1.29, 1.82) is 0 Å². The van der Waals surface area contributed by atoms with E-state index in [2.05, 4.69) is 0 Å². The normalized spacial score (nSPS) is 11.2. The van der Waals surface area contributed by atoms with Crippen LogP contribution in [0.3, 0.4) is 0 Å². The fourth-order valence-electron chi connectivity index (χ4n) is 0.642. The van der Waals surface area contributed by atoms with Gasteiger partial charge in [0.15, 0.2) is 0 Å². The summed E-state index contributed by atoms with van der Waals surface area (Å²) in [7, 11) is -18.0. The zero-order chi connectivity index (χ0) is 21.2. The number of halogens is 14. The monoisotopic (exact) mass is 429 g/mol. The molecular formula is C6H3B3F14KO-3. The van der Waals surface area contributed by atoms with E-state index in [1.54, 1.807) is 0 Å². The van der Waals surface area contributed by atoms with Crippen LogP contribution in [-0.2, 0) is 0 Å². The van der Waals surface area contributed by atoms with E-state index in [9.17, 15) is 60.6 Å². The molecule has 19 heteroatoms. The molecule has 0 aliphatic heterocycles. The molecule has 1 aromatic carbocycles. The van der Waals surface area contributed by atoms with Crippen LogP contribution in [0.2, 0.25) is 0 Å². The van der Waals surface area contributed by atoms with Crippen molar-refractivity contribution in [3.05, 3.63) is 23.8 Å². The standard InChI is InChI=1S/C6H3F2O.3BF4.K/c7-4-1-2-5(8)6(9)3-4;3*2-1(3,4)5;/h1-2,9H;;;;/q;3*-1;. The zero-order valence-corrected chi connectivity index (χ0v) is 14.7. The van der Waals surface area contributed by atoms with E-state index in [1.807, 2.05) is 0 Å². The van der Waals surface area contributed by atoms with Crippen LogP contribution < -0.4 is -0.342 Å². The summed E-state index contributed by atoms with van der Waals surface area (Å²) in [5, 5.41) is 8.82. The van der Waals surface area contributed by atoms with Gasteiger partial charge in [-0.3, -0.25) is 0 Å². The molecule has 25 heavy (non-hydrogen) atoms. The molecule has 0 fully saturated rings. The van der Waals surface area contributed by atoms with Gasteiger partial charge in [0.1, 0.15) is 0 Å². The molecule has 0 aliphatic rings. The van der Waals surface area contributed by atoms with Gasteiger partial charge in [0.25, 0.3) is 0 Å². The van der Waals surface area contributed by atoms with Gasteiger partial charge in [0.05, 0.1) is 0 Å². The van der Waals surface area contributed by atoms with Crippen LogP contribution in [0.4, 0.5) is 60.6 Å². The Hall–Kier alpha value is -0.129. The molecule has 144 valence electrons. The first-order chi connectivity index (χ1) is 10.6. The fraction of sp³-hybridized carbons (Fsp3) is 0. The molecule has 0 saturated heterocycles. The second-order valence-corrected chi connectivity index (χ2v) is 5.05. The van der Waals surface area contributed by atoms with Crippen molar-refractivity contribution in [2.75, 3.05) is 0 Å². The van der Waals surface area contributed by atoms with Crippen molar-refractivity contribution in [3.63, 3.8) is 0 Å². The van der Waals surface area contributed by atoms with E-state index in [4.69, 9.17) is 5.11 Å². The summed E-state index contributed by atoms with van der Waals surface area (Å²) >= 11 is -0.0384. The van der Waals surface area contributed by atoms with Crippen LogP contribution in [0.1, 0.15) is 0 Å². The first-order valence-electron chi connectivity index (χ1n) is 5.38. The Bertz CT molecular complexity index is 426. The van der Waals surface area contributed by atoms with E-state index >= 15 is 0 Å². The Labute approximate surface area is 164 Å². The quantitative estimate of drug-likeness (QED) is 0.481. The first kappa shape index (κ1) is 29.6. The Morgan fingerprint density at radius 2 is 0.800 bits per heavy atom. The SMILES string of the molecule is F[B-](F)(F)F.F[B-](F)(F)F.F[B-](F)(F)F.Oc1c(F)ccc(F)[c]1[K]. The van der Waals surface area contributed by atoms with Crippen LogP contribution in [-0.4, -0.2) is 75.8 Å². The number of benzene rings is 1. The van der Waals surface area contributed by atoms with Crippen LogP contribution in [0, 0.1) is 11.6 Å². The van der Waals surface area contributed by atoms with E-state index in [-0.39, 0.29) is 48.6 Å². The van der Waals surface area contributed by atoms with E-state index in [0.717, 1.165) is 12.1 Å². The molecule has 0 aromatic heterocycles. The van der Waals surface area contributed by atoms with Crippen LogP contribution >= 0.6 is 0 Å². The first-order valence-corrected chi connectivity index (χ1v) is 6.94. The molecule has 0 radical (unpaired) electrons. The maximum absolute atomic E-state index is 12.5. The third kappa shape index (κ3) is 40.1. The van der Waals surface area contributed by atoms with Gasteiger partial charge in [-0.05, 0) is 0 Å². The van der Waals surface area contributed by atoms with Crippen LogP contribution in [0.5, 0.6) is 5.75 Å². The minimum atomic E-state index is -6.00. The fourth-order valence-corrected chi connectivity index (χ4v) is 1.28. The van der Waals surface area contributed by atoms with Gasteiger partial charge >= 0.3 is 114 Å². The van der Waals surface area contributed by atoms with Gasteiger partial charge in [0.2, 0.25) is 0 Å². The average molecular weight is 429 g/mol. The molecule has 0 aliphatic carbocycles. The second kappa shape index (κ2) is 12.3. The van der Waals surface area contributed by atoms with E-state index in [0.29, 0.717) is 0 Å². The third-order valence-electron chi connectivity index (χ3n) is 1.32. The molecule has 0 saturated carbocycles.